The van der Waals surface area contributed by atoms with E-state index in [1.54, 1.807) is 6.07 Å². The Bertz CT molecular complexity index is 1700. The summed E-state index contributed by atoms with van der Waals surface area (Å²) in [7, 11) is 0. The van der Waals surface area contributed by atoms with Gasteiger partial charge in [0.25, 0.3) is 5.91 Å². The highest BCUT2D eigenvalue weighted by Gasteiger charge is 2.23. The average molecular weight is 492 g/mol. The average Bonchev–Trinajstić information content (AvgIpc) is 3.28. The van der Waals surface area contributed by atoms with Crippen molar-refractivity contribution in [2.45, 2.75) is 20.5 Å². The number of fused-ring (bicyclic) bond motifs is 1. The first-order valence-electron chi connectivity index (χ1n) is 11.5. The van der Waals surface area contributed by atoms with E-state index in [0.717, 1.165) is 22.3 Å². The number of nitriles is 1. The Hall–Kier alpha value is -5.03. The maximum atomic E-state index is 14.7. The number of amides is 1. The van der Waals surface area contributed by atoms with Gasteiger partial charge in [0.1, 0.15) is 29.8 Å². The van der Waals surface area contributed by atoms with E-state index in [9.17, 15) is 14.4 Å². The minimum Gasteiger partial charge on any atom is -0.489 e. The zero-order valence-electron chi connectivity index (χ0n) is 20.2. The van der Waals surface area contributed by atoms with E-state index >= 15 is 0 Å². The Morgan fingerprint density at radius 3 is 2.62 bits per heavy atom. The van der Waals surface area contributed by atoms with Crippen molar-refractivity contribution in [2.75, 3.05) is 0 Å². The molecule has 0 atom stereocenters. The number of nitrogens with zero attached hydrogens (tertiary/aromatic N) is 4. The molecule has 0 aliphatic rings. The summed E-state index contributed by atoms with van der Waals surface area (Å²) in [5.41, 5.74) is 10.2. The van der Waals surface area contributed by atoms with Crippen molar-refractivity contribution in [3.63, 3.8) is 0 Å². The van der Waals surface area contributed by atoms with Gasteiger partial charge in [-0.1, -0.05) is 36.4 Å². The van der Waals surface area contributed by atoms with Crippen LogP contribution in [0.5, 0.6) is 5.75 Å². The molecule has 2 N–H and O–H groups in total. The first kappa shape index (κ1) is 23.7. The second-order valence-electron chi connectivity index (χ2n) is 8.61. The van der Waals surface area contributed by atoms with Crippen LogP contribution in [-0.4, -0.2) is 20.4 Å². The molecule has 5 aromatic rings. The molecule has 182 valence electrons. The van der Waals surface area contributed by atoms with E-state index in [-0.39, 0.29) is 22.7 Å². The molecular formula is C29H22FN5O2. The first-order chi connectivity index (χ1) is 17.9. The predicted molar refractivity (Wildman–Crippen MR) is 138 cm³/mol. The van der Waals surface area contributed by atoms with Crippen LogP contribution in [-0.2, 0) is 6.61 Å². The Labute approximate surface area is 212 Å². The van der Waals surface area contributed by atoms with Gasteiger partial charge in [-0.05, 0) is 65.9 Å². The lowest BCUT2D eigenvalue weighted by atomic mass is 9.92. The Balaban J connectivity index is 1.76. The molecule has 1 amide bonds. The number of carbonyl (C=O) groups is 1. The number of aryl methyl sites for hydroxylation is 1. The third kappa shape index (κ3) is 4.28. The monoisotopic (exact) mass is 491 g/mol. The lowest BCUT2D eigenvalue weighted by molar-refractivity contribution is 0.0996. The van der Waals surface area contributed by atoms with E-state index in [2.05, 4.69) is 16.0 Å². The number of nitrogens with two attached hydrogens (primary N) is 1. The van der Waals surface area contributed by atoms with Crippen LogP contribution < -0.4 is 10.5 Å². The van der Waals surface area contributed by atoms with Crippen LogP contribution >= 0.6 is 0 Å². The van der Waals surface area contributed by atoms with Gasteiger partial charge in [-0.2, -0.15) is 5.26 Å². The summed E-state index contributed by atoms with van der Waals surface area (Å²) in [5.74, 6) is -0.728. The summed E-state index contributed by atoms with van der Waals surface area (Å²) in [6, 6.07) is 20.1. The summed E-state index contributed by atoms with van der Waals surface area (Å²) >= 11 is 0. The van der Waals surface area contributed by atoms with Gasteiger partial charge in [0, 0.05) is 17.8 Å². The van der Waals surface area contributed by atoms with Crippen molar-refractivity contribution >= 4 is 16.9 Å². The van der Waals surface area contributed by atoms with Crippen molar-refractivity contribution in [3.05, 3.63) is 107 Å². The molecule has 0 aliphatic heterocycles. The molecule has 3 aromatic heterocycles. The molecule has 37 heavy (non-hydrogen) atoms. The fourth-order valence-electron chi connectivity index (χ4n) is 4.48. The molecule has 0 saturated carbocycles. The standard InChI is InChI=1S/C29H22FN5O2/c1-17-10-11-24(37-16-19-7-4-3-5-8-19)18(2)25(17)21-13-23(27(32)36)34-29-26(21)20(14-31)15-35(29)28-22(30)9-6-12-33-28/h3-13,15H,16H2,1-2H3,(H2,32,36). The van der Waals surface area contributed by atoms with Crippen molar-refractivity contribution in [1.29, 1.82) is 5.26 Å². The lowest BCUT2D eigenvalue weighted by Crippen LogP contribution is -2.14. The quantitative estimate of drug-likeness (QED) is 0.343. The minimum absolute atomic E-state index is 0.0166. The number of carbonyl (C=O) groups excluding carboxylic acids is 1. The maximum Gasteiger partial charge on any atom is 0.267 e. The Morgan fingerprint density at radius 1 is 1.14 bits per heavy atom. The van der Waals surface area contributed by atoms with Crippen LogP contribution in [0.15, 0.2) is 73.1 Å². The van der Waals surface area contributed by atoms with Crippen LogP contribution in [0.1, 0.15) is 32.7 Å². The molecule has 2 aromatic carbocycles. The highest BCUT2D eigenvalue weighted by Crippen LogP contribution is 2.40. The summed E-state index contributed by atoms with van der Waals surface area (Å²) < 4.78 is 22.2. The molecule has 5 rings (SSSR count). The van der Waals surface area contributed by atoms with Crippen molar-refractivity contribution in [2.24, 2.45) is 5.73 Å². The summed E-state index contributed by atoms with van der Waals surface area (Å²) in [6.45, 7) is 4.22. The summed E-state index contributed by atoms with van der Waals surface area (Å²) in [5, 5.41) is 10.5. The molecule has 3 heterocycles. The number of pyridine rings is 2. The minimum atomic E-state index is -0.748. The van der Waals surface area contributed by atoms with Crippen LogP contribution in [0.4, 0.5) is 4.39 Å². The van der Waals surface area contributed by atoms with E-state index in [1.807, 2.05) is 56.3 Å². The normalized spacial score (nSPS) is 10.9. The maximum absolute atomic E-state index is 14.7. The van der Waals surface area contributed by atoms with Crippen molar-refractivity contribution in [3.8, 4) is 28.8 Å². The number of halogens is 1. The number of primary amides is 1. The second kappa shape index (κ2) is 9.55. The first-order valence-corrected chi connectivity index (χ1v) is 11.5. The van der Waals surface area contributed by atoms with Gasteiger partial charge in [-0.15, -0.1) is 0 Å². The largest absolute Gasteiger partial charge is 0.489 e. The van der Waals surface area contributed by atoms with Gasteiger partial charge >= 0.3 is 0 Å². The number of aromatic nitrogens is 3. The van der Waals surface area contributed by atoms with Gasteiger partial charge in [-0.3, -0.25) is 9.36 Å². The zero-order valence-corrected chi connectivity index (χ0v) is 20.2. The topological polar surface area (TPSA) is 107 Å². The van der Waals surface area contributed by atoms with Crippen LogP contribution in [0.25, 0.3) is 28.0 Å². The predicted octanol–water partition coefficient (Wildman–Crippen LogP) is 5.39. The van der Waals surface area contributed by atoms with Gasteiger partial charge in [0.2, 0.25) is 0 Å². The fraction of sp³-hybridized carbons (Fsp3) is 0.103. The van der Waals surface area contributed by atoms with Crippen molar-refractivity contribution in [1.82, 2.24) is 14.5 Å². The molecule has 0 bridgehead atoms. The third-order valence-corrected chi connectivity index (χ3v) is 6.23. The van der Waals surface area contributed by atoms with E-state index < -0.39 is 11.7 Å². The van der Waals surface area contributed by atoms with Gasteiger partial charge < -0.3 is 10.5 Å². The molecule has 7 nitrogen and oxygen atoms in total. The second-order valence-corrected chi connectivity index (χ2v) is 8.61. The number of benzene rings is 2. The van der Waals surface area contributed by atoms with Crippen LogP contribution in [0.3, 0.4) is 0 Å². The number of ether oxygens (including phenoxy) is 1. The van der Waals surface area contributed by atoms with Crippen LogP contribution in [0.2, 0.25) is 0 Å². The fourth-order valence-corrected chi connectivity index (χ4v) is 4.48. The Kier molecular flexibility index (Phi) is 6.12. The number of rotatable bonds is 6. The van der Waals surface area contributed by atoms with Crippen LogP contribution in [0, 0.1) is 31.0 Å². The third-order valence-electron chi connectivity index (χ3n) is 6.23. The molecule has 0 aliphatic carbocycles. The smallest absolute Gasteiger partial charge is 0.267 e. The molecule has 8 heteroatoms. The van der Waals surface area contributed by atoms with Crippen molar-refractivity contribution < 1.29 is 13.9 Å². The van der Waals surface area contributed by atoms with Gasteiger partial charge in [0.15, 0.2) is 11.6 Å². The SMILES string of the molecule is Cc1ccc(OCc2ccccc2)c(C)c1-c1cc(C(N)=O)nc2c1c(C#N)cn2-c1ncccc1F. The molecule has 0 unspecified atom stereocenters. The number of hydrogen-bond acceptors (Lipinski definition) is 5. The molecule has 0 radical (unpaired) electrons. The molecule has 0 fully saturated rings. The molecule has 0 saturated heterocycles. The Morgan fingerprint density at radius 2 is 1.92 bits per heavy atom. The van der Waals surface area contributed by atoms with Gasteiger partial charge in [-0.25, -0.2) is 14.4 Å². The summed E-state index contributed by atoms with van der Waals surface area (Å²) in [4.78, 5) is 20.8. The zero-order chi connectivity index (χ0) is 26.1. The lowest BCUT2D eigenvalue weighted by Gasteiger charge is -2.17. The summed E-state index contributed by atoms with van der Waals surface area (Å²) in [6.07, 6.45) is 2.91. The molecular weight excluding hydrogens is 469 g/mol. The van der Waals surface area contributed by atoms with E-state index in [1.165, 1.54) is 29.1 Å². The highest BCUT2D eigenvalue weighted by atomic mass is 19.1. The number of hydrogen-bond donors (Lipinski definition) is 1. The van der Waals surface area contributed by atoms with E-state index in [4.69, 9.17) is 10.5 Å². The highest BCUT2D eigenvalue weighted by molar-refractivity contribution is 6.04. The van der Waals surface area contributed by atoms with Gasteiger partial charge in [0.05, 0.1) is 5.56 Å². The molecule has 0 spiro atoms. The van der Waals surface area contributed by atoms with E-state index in [0.29, 0.717) is 23.3 Å².